The zero-order valence-corrected chi connectivity index (χ0v) is 16.4. The van der Waals surface area contributed by atoms with Crippen LogP contribution in [0.25, 0.3) is 11.1 Å². The van der Waals surface area contributed by atoms with Gasteiger partial charge in [0.25, 0.3) is 0 Å². The molecule has 0 aromatic heterocycles. The molecule has 0 aliphatic carbocycles. The molecule has 0 unspecified atom stereocenters. The molecule has 7 heteroatoms. The summed E-state index contributed by atoms with van der Waals surface area (Å²) in [6, 6.07) is 13.9. The molecule has 0 aliphatic heterocycles. The van der Waals surface area contributed by atoms with Crippen LogP contribution in [-0.2, 0) is 47.5 Å². The van der Waals surface area contributed by atoms with Crippen LogP contribution in [0.5, 0.6) is 5.75 Å². The molecule has 2 rings (SSSR count). The average Bonchev–Trinajstić information content (AvgIpc) is 2.71. The summed E-state index contributed by atoms with van der Waals surface area (Å²) in [6.07, 6.45) is 0. The van der Waals surface area contributed by atoms with Gasteiger partial charge in [0.2, 0.25) is 0 Å². The van der Waals surface area contributed by atoms with Crippen LogP contribution in [0.4, 0.5) is 0 Å². The van der Waals surface area contributed by atoms with E-state index in [9.17, 15) is 4.79 Å². The quantitative estimate of drug-likeness (QED) is 0.441. The third-order valence-electron chi connectivity index (χ3n) is 3.18. The minimum Gasteiger partial charge on any atom is 0 e. The molecular weight excluding hydrogens is 388 g/mol. The zero-order chi connectivity index (χ0) is 20.5. The van der Waals surface area contributed by atoms with Crippen molar-refractivity contribution in [3.63, 3.8) is 0 Å². The predicted molar refractivity (Wildman–Crippen MR) is 90.4 cm³/mol. The number of aryl methyl sites for hydroxylation is 1. The van der Waals surface area contributed by atoms with Crippen molar-refractivity contribution in [3.05, 3.63) is 73.5 Å². The summed E-state index contributed by atoms with van der Waals surface area (Å²) in [5, 5.41) is 0. The third kappa shape index (κ3) is 9.65. The van der Waals surface area contributed by atoms with Gasteiger partial charge in [-0.15, -0.1) is 0 Å². The summed E-state index contributed by atoms with van der Waals surface area (Å²) in [7, 11) is 1.65. The maximum Gasteiger partial charge on any atom is 0 e. The summed E-state index contributed by atoms with van der Waals surface area (Å²) in [5.41, 5.74) is 4.16. The molecule has 0 saturated heterocycles. The van der Waals surface area contributed by atoms with Gasteiger partial charge in [0, 0.05) is 35.4 Å². The van der Waals surface area contributed by atoms with Crippen LogP contribution in [0.2, 0.25) is 0 Å². The number of carbonyl (C=O) groups excluding carboxylic acids is 1. The Bertz CT molecular complexity index is 735. The fourth-order valence-corrected chi connectivity index (χ4v) is 2.21. The van der Waals surface area contributed by atoms with Crippen LogP contribution in [0.15, 0.2) is 42.5 Å². The Morgan fingerprint density at radius 1 is 0.963 bits per heavy atom. The first-order chi connectivity index (χ1) is 12.6. The number of ether oxygens (including phenoxy) is 2. The van der Waals surface area contributed by atoms with E-state index in [2.05, 4.69) is 32.9 Å². The summed E-state index contributed by atoms with van der Waals surface area (Å²) in [4.78, 5) is 11.0. The summed E-state index contributed by atoms with van der Waals surface area (Å²) in [6.45, 7) is 17.2. The molecule has 0 atom stereocenters. The number of esters is 1. The molecule has 0 aliphatic rings. The molecule has 0 radical (unpaired) electrons. The Hall–Kier alpha value is -2.54. The van der Waals surface area contributed by atoms with Crippen molar-refractivity contribution < 1.29 is 45.6 Å². The molecule has 0 spiro atoms. The van der Waals surface area contributed by atoms with Gasteiger partial charge in [-0.05, 0) is 24.1 Å². The number of carbonyl (C=O) groups is 1. The first kappa shape index (κ1) is 29.2. The van der Waals surface area contributed by atoms with E-state index in [0.29, 0.717) is 0 Å². The van der Waals surface area contributed by atoms with Crippen molar-refractivity contribution in [1.29, 1.82) is 0 Å². The second-order valence-corrected chi connectivity index (χ2v) is 4.59. The van der Waals surface area contributed by atoms with Crippen LogP contribution in [0.1, 0.15) is 18.1 Å². The zero-order valence-electron chi connectivity index (χ0n) is 15.1. The van der Waals surface area contributed by atoms with E-state index in [0.717, 1.165) is 28.0 Å². The van der Waals surface area contributed by atoms with Gasteiger partial charge in [0.1, 0.15) is 12.4 Å². The smallest absolute Gasteiger partial charge is 0 e. The molecule has 6 nitrogen and oxygen atoms in total. The van der Waals surface area contributed by atoms with Gasteiger partial charge in [-0.2, -0.15) is 0 Å². The van der Waals surface area contributed by atoms with Gasteiger partial charge in [0.05, 0.1) is 7.11 Å². The first-order valence-electron chi connectivity index (χ1n) is 7.10. The van der Waals surface area contributed by atoms with Crippen LogP contribution >= 0.6 is 0 Å². The Labute approximate surface area is 169 Å². The van der Waals surface area contributed by atoms with Crippen LogP contribution in [0.3, 0.4) is 0 Å². The van der Waals surface area contributed by atoms with Gasteiger partial charge in [-0.25, -0.2) is 0 Å². The van der Waals surface area contributed by atoms with Crippen LogP contribution in [-0.4, -0.2) is 13.1 Å². The van der Waals surface area contributed by atoms with Crippen molar-refractivity contribution in [1.82, 2.24) is 0 Å². The molecule has 0 saturated carbocycles. The number of rotatable bonds is 4. The van der Waals surface area contributed by atoms with Gasteiger partial charge in [0.15, 0.2) is 0 Å². The standard InChI is InChI=1S/C17H18O3.3CO.Cr/c1-12-7-4-5-9-15(12)17-14(11-20-13(2)18)8-6-10-16(17)19-3;3*1-2;/h4-10H,11H2,1-3H3;;;;. The van der Waals surface area contributed by atoms with Gasteiger partial charge in [-0.3, -0.25) is 4.79 Å². The van der Waals surface area contributed by atoms with E-state index in [1.807, 2.05) is 36.4 Å². The Kier molecular flexibility index (Phi) is 19.8. The Balaban J connectivity index is -0.000000749. The molecule has 0 N–H and O–H groups in total. The molecule has 27 heavy (non-hydrogen) atoms. The molecule has 0 amide bonds. The van der Waals surface area contributed by atoms with E-state index >= 15 is 0 Å². The SMILES string of the molecule is COc1cccc(COC(C)=O)c1-c1ccccc1C.[C-]#[O+].[C-]#[O+].[C-]#[O+].[Cr]. The molecule has 0 bridgehead atoms. The van der Waals surface area contributed by atoms with Crippen molar-refractivity contribution >= 4 is 5.97 Å². The van der Waals surface area contributed by atoms with E-state index in [1.165, 1.54) is 6.92 Å². The molecule has 0 heterocycles. The normalized spacial score (nSPS) is 7.74. The van der Waals surface area contributed by atoms with Gasteiger partial charge in [-0.1, -0.05) is 36.4 Å². The monoisotopic (exact) mass is 406 g/mol. The molecule has 0 fully saturated rings. The maximum absolute atomic E-state index is 11.0. The van der Waals surface area contributed by atoms with Crippen LogP contribution < -0.4 is 4.74 Å². The minimum absolute atomic E-state index is 0. The molecule has 2 aromatic rings. The van der Waals surface area contributed by atoms with Gasteiger partial charge < -0.3 is 9.47 Å². The average molecular weight is 406 g/mol. The van der Waals surface area contributed by atoms with Gasteiger partial charge >= 0.3 is 39.9 Å². The van der Waals surface area contributed by atoms with Crippen molar-refractivity contribution in [2.45, 2.75) is 20.5 Å². The van der Waals surface area contributed by atoms with Crippen LogP contribution in [0, 0.1) is 26.9 Å². The maximum atomic E-state index is 11.0. The Morgan fingerprint density at radius 2 is 1.52 bits per heavy atom. The predicted octanol–water partition coefficient (Wildman–Crippen LogP) is 3.62. The summed E-state index contributed by atoms with van der Waals surface area (Å²) >= 11 is 0. The van der Waals surface area contributed by atoms with E-state index < -0.39 is 0 Å². The molecule has 2 aromatic carbocycles. The number of hydrogen-bond acceptors (Lipinski definition) is 3. The number of hydrogen-bond donors (Lipinski definition) is 0. The fourth-order valence-electron chi connectivity index (χ4n) is 2.21. The second kappa shape index (κ2) is 18.3. The minimum atomic E-state index is -0.288. The van der Waals surface area contributed by atoms with Crippen molar-refractivity contribution in [3.8, 4) is 16.9 Å². The number of methoxy groups -OCH3 is 1. The molecular formula is C20H18CrO6. The van der Waals surface area contributed by atoms with Crippen molar-refractivity contribution in [2.75, 3.05) is 7.11 Å². The topological polar surface area (TPSA) is 95.2 Å². The largest absolute Gasteiger partial charge is 0 e. The second-order valence-electron chi connectivity index (χ2n) is 4.59. The fraction of sp³-hybridized carbons (Fsp3) is 0.200. The first-order valence-corrected chi connectivity index (χ1v) is 7.10. The summed E-state index contributed by atoms with van der Waals surface area (Å²) < 4.78 is 33.1. The number of benzene rings is 2. The van der Waals surface area contributed by atoms with E-state index in [4.69, 9.17) is 23.4 Å². The van der Waals surface area contributed by atoms with Crippen molar-refractivity contribution in [2.24, 2.45) is 0 Å². The molecule has 140 valence electrons. The summed E-state index contributed by atoms with van der Waals surface area (Å²) in [5.74, 6) is 0.493. The third-order valence-corrected chi connectivity index (χ3v) is 3.18. The van der Waals surface area contributed by atoms with E-state index in [-0.39, 0.29) is 29.9 Å². The Morgan fingerprint density at radius 3 is 2.00 bits per heavy atom. The van der Waals surface area contributed by atoms with E-state index in [1.54, 1.807) is 7.11 Å².